The number of ether oxygens (including phenoxy) is 1. The molecule has 0 saturated heterocycles. The fourth-order valence-corrected chi connectivity index (χ4v) is 3.35. The van der Waals surface area contributed by atoms with Gasteiger partial charge in [-0.2, -0.15) is 0 Å². The number of carbonyl (C=O) groups is 1. The van der Waals surface area contributed by atoms with E-state index in [4.69, 9.17) is 10.5 Å². The second-order valence-corrected chi connectivity index (χ2v) is 6.25. The Balaban J connectivity index is 1.84. The number of methoxy groups -OCH3 is 1. The highest BCUT2D eigenvalue weighted by atomic mass is 16.5. The molecule has 4 heteroatoms. The van der Waals surface area contributed by atoms with Crippen molar-refractivity contribution in [1.29, 1.82) is 0 Å². The van der Waals surface area contributed by atoms with E-state index < -0.39 is 5.54 Å². The monoisotopic (exact) mass is 268 g/mol. The Kier molecular flexibility index (Phi) is 4.85. The van der Waals surface area contributed by atoms with E-state index in [1.54, 1.807) is 0 Å². The molecule has 0 aromatic rings. The summed E-state index contributed by atoms with van der Waals surface area (Å²) in [5, 5.41) is 0. The van der Waals surface area contributed by atoms with Gasteiger partial charge in [-0.3, -0.25) is 4.79 Å². The zero-order chi connectivity index (χ0) is 13.9. The predicted octanol–water partition coefficient (Wildman–Crippen LogP) is 1.78. The zero-order valence-electron chi connectivity index (χ0n) is 12.4. The van der Waals surface area contributed by atoms with Crippen LogP contribution in [0.3, 0.4) is 0 Å². The van der Waals surface area contributed by atoms with Gasteiger partial charge in [0.1, 0.15) is 5.54 Å². The first kappa shape index (κ1) is 14.8. The summed E-state index contributed by atoms with van der Waals surface area (Å²) in [5.41, 5.74) is 5.58. The van der Waals surface area contributed by atoms with Gasteiger partial charge in [0.2, 0.25) is 0 Å². The van der Waals surface area contributed by atoms with Crippen LogP contribution in [0.25, 0.3) is 0 Å². The minimum absolute atomic E-state index is 0.222. The number of hydrogen-bond donors (Lipinski definition) is 1. The zero-order valence-corrected chi connectivity index (χ0v) is 12.4. The largest absolute Gasteiger partial charge is 0.468 e. The Morgan fingerprint density at radius 2 is 2.16 bits per heavy atom. The summed E-state index contributed by atoms with van der Waals surface area (Å²) in [4.78, 5) is 14.4. The SMILES string of the molecule is CCN(CCC1CCCC1(N)C(=O)OC)CC1CC1. The molecule has 0 radical (unpaired) electrons. The van der Waals surface area contributed by atoms with E-state index >= 15 is 0 Å². The highest BCUT2D eigenvalue weighted by Gasteiger charge is 2.46. The molecule has 2 fully saturated rings. The number of rotatable bonds is 7. The Morgan fingerprint density at radius 1 is 1.42 bits per heavy atom. The van der Waals surface area contributed by atoms with Crippen molar-refractivity contribution >= 4 is 5.97 Å². The Bertz CT molecular complexity index is 317. The van der Waals surface area contributed by atoms with Crippen molar-refractivity contribution < 1.29 is 9.53 Å². The van der Waals surface area contributed by atoms with Crippen LogP contribution in [0.2, 0.25) is 0 Å². The van der Waals surface area contributed by atoms with Crippen LogP contribution in [-0.4, -0.2) is 43.2 Å². The fraction of sp³-hybridized carbons (Fsp3) is 0.933. The number of esters is 1. The number of carbonyl (C=O) groups excluding carboxylic acids is 1. The lowest BCUT2D eigenvalue weighted by molar-refractivity contribution is -0.148. The third kappa shape index (κ3) is 3.48. The normalized spacial score (nSPS) is 30.8. The van der Waals surface area contributed by atoms with Crippen LogP contribution >= 0.6 is 0 Å². The van der Waals surface area contributed by atoms with Crippen LogP contribution in [0.4, 0.5) is 0 Å². The van der Waals surface area contributed by atoms with Gasteiger partial charge in [-0.1, -0.05) is 13.3 Å². The molecule has 0 spiro atoms. The Morgan fingerprint density at radius 3 is 2.74 bits per heavy atom. The maximum absolute atomic E-state index is 11.9. The molecule has 0 aliphatic heterocycles. The molecule has 2 rings (SSSR count). The van der Waals surface area contributed by atoms with Gasteiger partial charge in [0, 0.05) is 6.54 Å². The molecular formula is C15H28N2O2. The maximum Gasteiger partial charge on any atom is 0.326 e. The summed E-state index contributed by atoms with van der Waals surface area (Å²) in [6.07, 6.45) is 6.69. The molecule has 2 N–H and O–H groups in total. The molecule has 4 nitrogen and oxygen atoms in total. The number of nitrogens with zero attached hydrogens (tertiary/aromatic N) is 1. The van der Waals surface area contributed by atoms with Gasteiger partial charge in [0.05, 0.1) is 7.11 Å². The van der Waals surface area contributed by atoms with Crippen molar-refractivity contribution in [3.8, 4) is 0 Å². The van der Waals surface area contributed by atoms with Crippen LogP contribution in [0.1, 0.15) is 45.4 Å². The van der Waals surface area contributed by atoms with E-state index in [-0.39, 0.29) is 11.9 Å². The molecule has 2 atom stereocenters. The molecule has 0 amide bonds. The molecule has 0 heterocycles. The van der Waals surface area contributed by atoms with E-state index in [2.05, 4.69) is 11.8 Å². The van der Waals surface area contributed by atoms with Gasteiger partial charge in [-0.15, -0.1) is 0 Å². The summed E-state index contributed by atoms with van der Waals surface area (Å²) >= 11 is 0. The highest BCUT2D eigenvalue weighted by molar-refractivity contribution is 5.81. The van der Waals surface area contributed by atoms with Gasteiger partial charge in [-0.25, -0.2) is 0 Å². The Labute approximate surface area is 116 Å². The standard InChI is InChI=1S/C15H28N2O2/c1-3-17(11-12-6-7-12)10-8-13-5-4-9-15(13,16)14(18)19-2/h12-13H,3-11,16H2,1-2H3. The Hall–Kier alpha value is -0.610. The summed E-state index contributed by atoms with van der Waals surface area (Å²) < 4.78 is 4.90. The van der Waals surface area contributed by atoms with E-state index in [0.717, 1.165) is 44.7 Å². The second-order valence-electron chi connectivity index (χ2n) is 6.25. The maximum atomic E-state index is 11.9. The highest BCUT2D eigenvalue weighted by Crippen LogP contribution is 2.37. The molecular weight excluding hydrogens is 240 g/mol. The third-order valence-corrected chi connectivity index (χ3v) is 4.89. The quantitative estimate of drug-likeness (QED) is 0.715. The smallest absolute Gasteiger partial charge is 0.326 e. The molecule has 19 heavy (non-hydrogen) atoms. The first-order valence-corrected chi connectivity index (χ1v) is 7.69. The summed E-state index contributed by atoms with van der Waals surface area (Å²) in [7, 11) is 1.44. The van der Waals surface area contributed by atoms with Crippen molar-refractivity contribution in [3.05, 3.63) is 0 Å². The molecule has 0 bridgehead atoms. The lowest BCUT2D eigenvalue weighted by Crippen LogP contribution is -2.52. The average molecular weight is 268 g/mol. The van der Waals surface area contributed by atoms with Crippen molar-refractivity contribution in [2.45, 2.75) is 51.0 Å². The second kappa shape index (κ2) is 6.23. The first-order valence-electron chi connectivity index (χ1n) is 7.69. The first-order chi connectivity index (χ1) is 9.10. The van der Waals surface area contributed by atoms with Gasteiger partial charge >= 0.3 is 5.97 Å². The molecule has 0 aromatic heterocycles. The average Bonchev–Trinajstić information content (AvgIpc) is 3.16. The van der Waals surface area contributed by atoms with Crippen LogP contribution in [0.15, 0.2) is 0 Å². The molecule has 2 saturated carbocycles. The van der Waals surface area contributed by atoms with Crippen molar-refractivity contribution in [1.82, 2.24) is 4.90 Å². The van der Waals surface area contributed by atoms with Crippen LogP contribution in [0.5, 0.6) is 0 Å². The minimum atomic E-state index is -0.728. The third-order valence-electron chi connectivity index (χ3n) is 4.89. The van der Waals surface area contributed by atoms with Crippen LogP contribution < -0.4 is 5.73 Å². The molecule has 2 aliphatic rings. The van der Waals surface area contributed by atoms with E-state index in [1.807, 2.05) is 0 Å². The van der Waals surface area contributed by atoms with Crippen LogP contribution in [-0.2, 0) is 9.53 Å². The molecule has 0 aromatic carbocycles. The van der Waals surface area contributed by atoms with Gasteiger partial charge in [0.15, 0.2) is 0 Å². The topological polar surface area (TPSA) is 55.6 Å². The van der Waals surface area contributed by atoms with Gasteiger partial charge in [0.25, 0.3) is 0 Å². The van der Waals surface area contributed by atoms with Crippen molar-refractivity contribution in [2.24, 2.45) is 17.6 Å². The van der Waals surface area contributed by atoms with Gasteiger partial charge in [-0.05, 0) is 57.0 Å². The predicted molar refractivity (Wildman–Crippen MR) is 75.7 cm³/mol. The van der Waals surface area contributed by atoms with E-state index in [0.29, 0.717) is 0 Å². The van der Waals surface area contributed by atoms with E-state index in [1.165, 1.54) is 26.5 Å². The molecule has 110 valence electrons. The fourth-order valence-electron chi connectivity index (χ4n) is 3.35. The van der Waals surface area contributed by atoms with Crippen LogP contribution in [0, 0.1) is 11.8 Å². The number of nitrogens with two attached hydrogens (primary N) is 1. The van der Waals surface area contributed by atoms with Crippen molar-refractivity contribution in [3.63, 3.8) is 0 Å². The molecule has 2 aliphatic carbocycles. The summed E-state index contributed by atoms with van der Waals surface area (Å²) in [6, 6.07) is 0. The van der Waals surface area contributed by atoms with Crippen molar-refractivity contribution in [2.75, 3.05) is 26.7 Å². The lowest BCUT2D eigenvalue weighted by atomic mass is 9.85. The minimum Gasteiger partial charge on any atom is -0.468 e. The van der Waals surface area contributed by atoms with Gasteiger partial charge < -0.3 is 15.4 Å². The summed E-state index contributed by atoms with van der Waals surface area (Å²) in [6.45, 7) is 5.60. The molecule has 2 unspecified atom stereocenters. The number of hydrogen-bond acceptors (Lipinski definition) is 4. The summed E-state index contributed by atoms with van der Waals surface area (Å²) in [5.74, 6) is 0.986. The van der Waals surface area contributed by atoms with E-state index in [9.17, 15) is 4.79 Å². The lowest BCUT2D eigenvalue weighted by Gasteiger charge is -2.30.